The first kappa shape index (κ1) is 21.5. The molecule has 1 aliphatic rings. The van der Waals surface area contributed by atoms with E-state index in [9.17, 15) is 13.2 Å². The normalized spacial score (nSPS) is 13.7. The first-order valence-corrected chi connectivity index (χ1v) is 12.9. The third-order valence-electron chi connectivity index (χ3n) is 5.91. The number of fused-ring (bicyclic) bond motifs is 3. The van der Waals surface area contributed by atoms with E-state index in [1.54, 1.807) is 41.8 Å². The Labute approximate surface area is 196 Å². The van der Waals surface area contributed by atoms with Gasteiger partial charge in [-0.15, -0.1) is 11.3 Å². The number of carbonyl (C=O) groups excluding carboxylic acids is 1. The molecule has 33 heavy (non-hydrogen) atoms. The van der Waals surface area contributed by atoms with Gasteiger partial charge in [-0.05, 0) is 41.8 Å². The maximum Gasteiger partial charge on any atom is 0.273 e. The lowest BCUT2D eigenvalue weighted by molar-refractivity contribution is -0.134. The zero-order valence-corrected chi connectivity index (χ0v) is 19.7. The standard InChI is InChI=1S/C24H23N3O4S2/c1-26(33(29,30)24-7-4-14-32-24)17-8-10-18(11-9-17)31-16-23(28)27-13-12-22-20(15-27)19-5-2-3-6-21(19)25-22/h2-11,14,25H,12-13,15-16H2,1H3. The quantitative estimate of drug-likeness (QED) is 0.451. The van der Waals surface area contributed by atoms with Crippen molar-refractivity contribution in [3.63, 3.8) is 0 Å². The number of rotatable bonds is 6. The van der Waals surface area contributed by atoms with E-state index in [0.29, 0.717) is 24.5 Å². The Bertz CT molecular complexity index is 1390. The van der Waals surface area contributed by atoms with Gasteiger partial charge in [-0.2, -0.15) is 0 Å². The van der Waals surface area contributed by atoms with Crippen LogP contribution in [0.1, 0.15) is 11.3 Å². The van der Waals surface area contributed by atoms with E-state index in [1.165, 1.54) is 33.9 Å². The van der Waals surface area contributed by atoms with Gasteiger partial charge < -0.3 is 14.6 Å². The summed E-state index contributed by atoms with van der Waals surface area (Å²) in [5.41, 5.74) is 3.98. The molecule has 1 N–H and O–H groups in total. The van der Waals surface area contributed by atoms with Crippen LogP contribution in [0.3, 0.4) is 0 Å². The summed E-state index contributed by atoms with van der Waals surface area (Å²) in [7, 11) is -2.07. The van der Waals surface area contributed by atoms with Gasteiger partial charge in [0.25, 0.3) is 15.9 Å². The van der Waals surface area contributed by atoms with Gasteiger partial charge in [0.05, 0.1) is 5.69 Å². The van der Waals surface area contributed by atoms with Gasteiger partial charge in [-0.1, -0.05) is 24.3 Å². The Morgan fingerprint density at radius 1 is 1.12 bits per heavy atom. The number of para-hydroxylation sites is 1. The molecule has 0 spiro atoms. The number of hydrogen-bond acceptors (Lipinski definition) is 5. The summed E-state index contributed by atoms with van der Waals surface area (Å²) in [6.45, 7) is 1.14. The van der Waals surface area contributed by atoms with Crippen LogP contribution in [-0.2, 0) is 27.8 Å². The van der Waals surface area contributed by atoms with Crippen molar-refractivity contribution >= 4 is 43.9 Å². The average Bonchev–Trinajstić information content (AvgIpc) is 3.51. The van der Waals surface area contributed by atoms with Gasteiger partial charge in [-0.3, -0.25) is 9.10 Å². The minimum atomic E-state index is -3.59. The van der Waals surface area contributed by atoms with Crippen molar-refractivity contribution in [2.45, 2.75) is 17.2 Å². The number of aromatic nitrogens is 1. The Balaban J connectivity index is 1.22. The number of hydrogen-bond donors (Lipinski definition) is 1. The zero-order valence-electron chi connectivity index (χ0n) is 18.0. The number of amides is 1. The van der Waals surface area contributed by atoms with Crippen molar-refractivity contribution in [1.29, 1.82) is 0 Å². The summed E-state index contributed by atoms with van der Waals surface area (Å²) in [6, 6.07) is 18.1. The minimum absolute atomic E-state index is 0.0691. The number of benzene rings is 2. The highest BCUT2D eigenvalue weighted by molar-refractivity contribution is 7.94. The lowest BCUT2D eigenvalue weighted by Crippen LogP contribution is -2.38. The van der Waals surface area contributed by atoms with Gasteiger partial charge in [0.2, 0.25) is 0 Å². The molecule has 0 fully saturated rings. The van der Waals surface area contributed by atoms with Crippen LogP contribution in [0.2, 0.25) is 0 Å². The number of ether oxygens (including phenoxy) is 1. The Morgan fingerprint density at radius 3 is 2.67 bits per heavy atom. The fourth-order valence-corrected chi connectivity index (χ4v) is 6.41. The van der Waals surface area contributed by atoms with Crippen molar-refractivity contribution in [2.75, 3.05) is 24.5 Å². The number of thiophene rings is 1. The molecular weight excluding hydrogens is 458 g/mol. The molecule has 0 unspecified atom stereocenters. The molecule has 2 aromatic carbocycles. The van der Waals surface area contributed by atoms with Gasteiger partial charge in [0.15, 0.2) is 6.61 Å². The Kier molecular flexibility index (Phi) is 5.59. The topological polar surface area (TPSA) is 82.7 Å². The number of nitrogens with one attached hydrogen (secondary N) is 1. The molecule has 0 bridgehead atoms. The van der Waals surface area contributed by atoms with Crippen molar-refractivity contribution in [3.8, 4) is 5.75 Å². The molecule has 9 heteroatoms. The average molecular weight is 482 g/mol. The van der Waals surface area contributed by atoms with Crippen LogP contribution >= 0.6 is 11.3 Å². The zero-order chi connectivity index (χ0) is 23.0. The molecule has 0 atom stereocenters. The van der Waals surface area contributed by atoms with Crippen LogP contribution in [0.25, 0.3) is 10.9 Å². The van der Waals surface area contributed by atoms with Crippen molar-refractivity contribution < 1.29 is 17.9 Å². The molecule has 0 radical (unpaired) electrons. The molecule has 0 saturated carbocycles. The van der Waals surface area contributed by atoms with Crippen LogP contribution in [0.15, 0.2) is 70.3 Å². The smallest absolute Gasteiger partial charge is 0.273 e. The first-order valence-electron chi connectivity index (χ1n) is 10.5. The monoisotopic (exact) mass is 481 g/mol. The van der Waals surface area contributed by atoms with E-state index < -0.39 is 10.0 Å². The van der Waals surface area contributed by atoms with E-state index in [2.05, 4.69) is 17.1 Å². The summed E-state index contributed by atoms with van der Waals surface area (Å²) < 4.78 is 32.6. The summed E-state index contributed by atoms with van der Waals surface area (Å²) in [6.07, 6.45) is 0.787. The highest BCUT2D eigenvalue weighted by Gasteiger charge is 2.25. The molecule has 0 aliphatic carbocycles. The number of nitrogens with zero attached hydrogens (tertiary/aromatic N) is 2. The van der Waals surface area contributed by atoms with Gasteiger partial charge in [-0.25, -0.2) is 8.42 Å². The second kappa shape index (κ2) is 8.57. The predicted molar refractivity (Wildman–Crippen MR) is 129 cm³/mol. The summed E-state index contributed by atoms with van der Waals surface area (Å²) in [5.74, 6) is 0.436. The number of anilines is 1. The van der Waals surface area contributed by atoms with Crippen LogP contribution in [0.4, 0.5) is 5.69 Å². The second-order valence-corrected chi connectivity index (χ2v) is 11.0. The van der Waals surface area contributed by atoms with Crippen molar-refractivity contribution in [2.24, 2.45) is 0 Å². The Hall–Kier alpha value is -3.30. The highest BCUT2D eigenvalue weighted by Crippen LogP contribution is 2.28. The largest absolute Gasteiger partial charge is 0.484 e. The molecular formula is C24H23N3O4S2. The van der Waals surface area contributed by atoms with Crippen LogP contribution in [-0.4, -0.2) is 44.4 Å². The molecule has 4 aromatic rings. The lowest BCUT2D eigenvalue weighted by atomic mass is 10.0. The SMILES string of the molecule is CN(c1ccc(OCC(=O)N2CCc3[nH]c4ccccc4c3C2)cc1)S(=O)(=O)c1cccs1. The van der Waals surface area contributed by atoms with Gasteiger partial charge in [0, 0.05) is 48.7 Å². The molecule has 1 aliphatic heterocycles. The lowest BCUT2D eigenvalue weighted by Gasteiger charge is -2.27. The molecule has 1 amide bonds. The molecule has 7 nitrogen and oxygen atoms in total. The van der Waals surface area contributed by atoms with Crippen molar-refractivity contribution in [3.05, 3.63) is 77.3 Å². The number of H-pyrrole nitrogens is 1. The van der Waals surface area contributed by atoms with Crippen LogP contribution in [0, 0.1) is 0 Å². The van der Waals surface area contributed by atoms with E-state index in [0.717, 1.165) is 17.3 Å². The van der Waals surface area contributed by atoms with E-state index in [1.807, 2.05) is 17.0 Å². The molecule has 2 aromatic heterocycles. The molecule has 0 saturated heterocycles. The maximum absolute atomic E-state index is 12.8. The second-order valence-electron chi connectivity index (χ2n) is 7.88. The third kappa shape index (κ3) is 4.09. The van der Waals surface area contributed by atoms with Crippen LogP contribution < -0.4 is 9.04 Å². The maximum atomic E-state index is 12.8. The van der Waals surface area contributed by atoms with E-state index in [-0.39, 0.29) is 16.7 Å². The van der Waals surface area contributed by atoms with Crippen LogP contribution in [0.5, 0.6) is 5.75 Å². The Morgan fingerprint density at radius 2 is 1.91 bits per heavy atom. The predicted octanol–water partition coefficient (Wildman–Crippen LogP) is 4.02. The van der Waals surface area contributed by atoms with Gasteiger partial charge in [0.1, 0.15) is 9.96 Å². The number of aromatic amines is 1. The summed E-state index contributed by atoms with van der Waals surface area (Å²) in [5, 5.41) is 2.89. The first-order chi connectivity index (χ1) is 15.9. The molecule has 170 valence electrons. The summed E-state index contributed by atoms with van der Waals surface area (Å²) >= 11 is 1.18. The fourth-order valence-electron chi connectivity index (χ4n) is 4.05. The van der Waals surface area contributed by atoms with E-state index >= 15 is 0 Å². The number of carbonyl (C=O) groups is 1. The molecule has 3 heterocycles. The fraction of sp³-hybridized carbons (Fsp3) is 0.208. The van der Waals surface area contributed by atoms with E-state index in [4.69, 9.17) is 4.74 Å². The summed E-state index contributed by atoms with van der Waals surface area (Å²) in [4.78, 5) is 18.1. The minimum Gasteiger partial charge on any atom is -0.484 e. The van der Waals surface area contributed by atoms with Crippen molar-refractivity contribution in [1.82, 2.24) is 9.88 Å². The highest BCUT2D eigenvalue weighted by atomic mass is 32.2. The molecule has 5 rings (SSSR count). The number of sulfonamides is 1. The third-order valence-corrected chi connectivity index (χ3v) is 9.07. The van der Waals surface area contributed by atoms with Gasteiger partial charge >= 0.3 is 0 Å².